The largest absolute Gasteiger partial charge is 0.397 e. The summed E-state index contributed by atoms with van der Waals surface area (Å²) in [6, 6.07) is 5.04. The van der Waals surface area contributed by atoms with E-state index in [0.717, 1.165) is 38.3 Å². The van der Waals surface area contributed by atoms with Crippen LogP contribution in [-0.4, -0.2) is 37.0 Å². The maximum absolute atomic E-state index is 11.1. The van der Waals surface area contributed by atoms with Crippen molar-refractivity contribution in [2.45, 2.75) is 20.3 Å². The van der Waals surface area contributed by atoms with E-state index in [1.54, 1.807) is 18.2 Å². The molecule has 0 atom stereocenters. The number of anilines is 2. The van der Waals surface area contributed by atoms with Gasteiger partial charge in [-0.15, -0.1) is 0 Å². The zero-order valence-electron chi connectivity index (χ0n) is 11.8. The van der Waals surface area contributed by atoms with Crippen molar-refractivity contribution in [1.82, 2.24) is 4.90 Å². The molecule has 0 aliphatic carbocycles. The van der Waals surface area contributed by atoms with E-state index in [1.165, 1.54) is 0 Å². The summed E-state index contributed by atoms with van der Waals surface area (Å²) in [5, 5.41) is 3.26. The van der Waals surface area contributed by atoms with E-state index < -0.39 is 5.91 Å². The molecule has 5 N–H and O–H groups in total. The van der Waals surface area contributed by atoms with Crippen molar-refractivity contribution in [3.8, 4) is 0 Å². The zero-order chi connectivity index (χ0) is 14.3. The average molecular weight is 264 g/mol. The zero-order valence-corrected chi connectivity index (χ0v) is 11.8. The third-order valence-electron chi connectivity index (χ3n) is 3.07. The standard InChI is InChI=1S/C14H24N4O/c1-3-8-18(4-2)9-7-17-13-10-11(14(16)19)5-6-12(13)15/h5-6,10,17H,3-4,7-9,15H2,1-2H3,(H2,16,19). The summed E-state index contributed by atoms with van der Waals surface area (Å²) in [6.45, 7) is 8.19. The maximum atomic E-state index is 11.1. The number of carbonyl (C=O) groups excluding carboxylic acids is 1. The second-order valence-electron chi connectivity index (χ2n) is 4.53. The lowest BCUT2D eigenvalue weighted by molar-refractivity contribution is 0.100. The first-order valence-corrected chi connectivity index (χ1v) is 6.74. The first-order chi connectivity index (χ1) is 9.08. The molecule has 0 bridgehead atoms. The molecule has 0 unspecified atom stereocenters. The van der Waals surface area contributed by atoms with Crippen LogP contribution in [-0.2, 0) is 0 Å². The molecular formula is C14H24N4O. The third kappa shape index (κ3) is 4.79. The first-order valence-electron chi connectivity index (χ1n) is 6.74. The fraction of sp³-hybridized carbons (Fsp3) is 0.500. The van der Waals surface area contributed by atoms with Crippen LogP contribution in [0.2, 0.25) is 0 Å². The number of hydrogen-bond acceptors (Lipinski definition) is 4. The number of amides is 1. The SMILES string of the molecule is CCCN(CC)CCNc1cc(C(N)=O)ccc1N. The lowest BCUT2D eigenvalue weighted by Gasteiger charge is -2.20. The van der Waals surface area contributed by atoms with Gasteiger partial charge in [0.05, 0.1) is 11.4 Å². The minimum atomic E-state index is -0.441. The summed E-state index contributed by atoms with van der Waals surface area (Å²) >= 11 is 0. The van der Waals surface area contributed by atoms with Gasteiger partial charge in [0.25, 0.3) is 0 Å². The van der Waals surface area contributed by atoms with Gasteiger partial charge in [-0.1, -0.05) is 13.8 Å². The fourth-order valence-corrected chi connectivity index (χ4v) is 1.96. The van der Waals surface area contributed by atoms with E-state index in [-0.39, 0.29) is 0 Å². The molecular weight excluding hydrogens is 240 g/mol. The van der Waals surface area contributed by atoms with E-state index in [9.17, 15) is 4.79 Å². The van der Waals surface area contributed by atoms with E-state index in [2.05, 4.69) is 24.1 Å². The van der Waals surface area contributed by atoms with Crippen LogP contribution in [0.4, 0.5) is 11.4 Å². The smallest absolute Gasteiger partial charge is 0.248 e. The number of nitrogens with two attached hydrogens (primary N) is 2. The lowest BCUT2D eigenvalue weighted by atomic mass is 10.1. The Kier molecular flexibility index (Phi) is 6.15. The Hall–Kier alpha value is -1.75. The minimum absolute atomic E-state index is 0.441. The van der Waals surface area contributed by atoms with Gasteiger partial charge < -0.3 is 21.7 Å². The van der Waals surface area contributed by atoms with Crippen molar-refractivity contribution in [1.29, 1.82) is 0 Å². The Morgan fingerprint density at radius 1 is 1.32 bits per heavy atom. The molecule has 0 aliphatic heterocycles. The second-order valence-corrected chi connectivity index (χ2v) is 4.53. The molecule has 0 aromatic heterocycles. The Labute approximate surface area is 115 Å². The molecule has 0 saturated heterocycles. The van der Waals surface area contributed by atoms with Gasteiger partial charge in [0, 0.05) is 18.7 Å². The highest BCUT2D eigenvalue weighted by Crippen LogP contribution is 2.19. The van der Waals surface area contributed by atoms with E-state index in [4.69, 9.17) is 11.5 Å². The number of nitrogen functional groups attached to an aromatic ring is 1. The van der Waals surface area contributed by atoms with Gasteiger partial charge in [-0.3, -0.25) is 4.79 Å². The van der Waals surface area contributed by atoms with Crippen molar-refractivity contribution in [2.75, 3.05) is 37.2 Å². The van der Waals surface area contributed by atoms with Gasteiger partial charge in [-0.05, 0) is 37.7 Å². The highest BCUT2D eigenvalue weighted by atomic mass is 16.1. The number of nitrogens with zero attached hydrogens (tertiary/aromatic N) is 1. The van der Waals surface area contributed by atoms with Crippen molar-refractivity contribution >= 4 is 17.3 Å². The number of carbonyl (C=O) groups is 1. The van der Waals surface area contributed by atoms with Crippen LogP contribution in [0.5, 0.6) is 0 Å². The Bertz CT molecular complexity index is 420. The Morgan fingerprint density at radius 2 is 2.05 bits per heavy atom. The van der Waals surface area contributed by atoms with Crippen LogP contribution in [0.15, 0.2) is 18.2 Å². The summed E-state index contributed by atoms with van der Waals surface area (Å²) in [7, 11) is 0. The van der Waals surface area contributed by atoms with Crippen LogP contribution in [0.3, 0.4) is 0 Å². The van der Waals surface area contributed by atoms with Gasteiger partial charge in [0.2, 0.25) is 5.91 Å². The molecule has 0 radical (unpaired) electrons. The first kappa shape index (κ1) is 15.3. The number of benzene rings is 1. The van der Waals surface area contributed by atoms with Crippen molar-refractivity contribution in [2.24, 2.45) is 5.73 Å². The predicted molar refractivity (Wildman–Crippen MR) is 80.3 cm³/mol. The van der Waals surface area contributed by atoms with Crippen LogP contribution in [0.1, 0.15) is 30.6 Å². The van der Waals surface area contributed by atoms with Gasteiger partial charge in [0.15, 0.2) is 0 Å². The molecule has 5 nitrogen and oxygen atoms in total. The van der Waals surface area contributed by atoms with Crippen LogP contribution in [0.25, 0.3) is 0 Å². The summed E-state index contributed by atoms with van der Waals surface area (Å²) in [4.78, 5) is 13.5. The molecule has 1 rings (SSSR count). The average Bonchev–Trinajstić information content (AvgIpc) is 2.39. The predicted octanol–water partition coefficient (Wildman–Crippen LogP) is 1.51. The molecule has 0 spiro atoms. The normalized spacial score (nSPS) is 10.7. The van der Waals surface area contributed by atoms with E-state index in [0.29, 0.717) is 11.3 Å². The maximum Gasteiger partial charge on any atom is 0.248 e. The number of rotatable bonds is 8. The Balaban J connectivity index is 2.57. The monoisotopic (exact) mass is 264 g/mol. The van der Waals surface area contributed by atoms with Crippen LogP contribution < -0.4 is 16.8 Å². The molecule has 0 heterocycles. The summed E-state index contributed by atoms with van der Waals surface area (Å²) in [5.41, 5.74) is 13.0. The molecule has 106 valence electrons. The number of primary amides is 1. The topological polar surface area (TPSA) is 84.4 Å². The van der Waals surface area contributed by atoms with Gasteiger partial charge >= 0.3 is 0 Å². The van der Waals surface area contributed by atoms with E-state index >= 15 is 0 Å². The van der Waals surface area contributed by atoms with Crippen LogP contribution >= 0.6 is 0 Å². The fourth-order valence-electron chi connectivity index (χ4n) is 1.96. The lowest BCUT2D eigenvalue weighted by Crippen LogP contribution is -2.29. The molecule has 0 fully saturated rings. The Morgan fingerprint density at radius 3 is 2.63 bits per heavy atom. The summed E-state index contributed by atoms with van der Waals surface area (Å²) < 4.78 is 0. The summed E-state index contributed by atoms with van der Waals surface area (Å²) in [6.07, 6.45) is 1.15. The number of nitrogens with one attached hydrogen (secondary N) is 1. The number of likely N-dealkylation sites (N-methyl/N-ethyl adjacent to an activating group) is 1. The van der Waals surface area contributed by atoms with Crippen molar-refractivity contribution < 1.29 is 4.79 Å². The molecule has 1 aromatic rings. The summed E-state index contributed by atoms with van der Waals surface area (Å²) in [5.74, 6) is -0.441. The quantitative estimate of drug-likeness (QED) is 0.621. The molecule has 0 saturated carbocycles. The molecule has 0 aliphatic rings. The third-order valence-corrected chi connectivity index (χ3v) is 3.07. The van der Waals surface area contributed by atoms with Gasteiger partial charge in [0.1, 0.15) is 0 Å². The highest BCUT2D eigenvalue weighted by molar-refractivity contribution is 5.94. The molecule has 1 amide bonds. The number of hydrogen-bond donors (Lipinski definition) is 3. The molecule has 1 aromatic carbocycles. The van der Waals surface area contributed by atoms with Crippen molar-refractivity contribution in [3.05, 3.63) is 23.8 Å². The van der Waals surface area contributed by atoms with Gasteiger partial charge in [-0.2, -0.15) is 0 Å². The molecule has 19 heavy (non-hydrogen) atoms. The second kappa shape index (κ2) is 7.63. The highest BCUT2D eigenvalue weighted by Gasteiger charge is 2.05. The minimum Gasteiger partial charge on any atom is -0.397 e. The molecule has 5 heteroatoms. The van der Waals surface area contributed by atoms with Gasteiger partial charge in [-0.25, -0.2) is 0 Å². The van der Waals surface area contributed by atoms with Crippen molar-refractivity contribution in [3.63, 3.8) is 0 Å². The van der Waals surface area contributed by atoms with Crippen LogP contribution in [0, 0.1) is 0 Å². The van der Waals surface area contributed by atoms with E-state index in [1.807, 2.05) is 0 Å².